The van der Waals surface area contributed by atoms with E-state index in [1.165, 1.54) is 0 Å². The number of nitrogens with zero attached hydrogens (tertiary/aromatic N) is 1. The van der Waals surface area contributed by atoms with Crippen LogP contribution in [-0.2, 0) is 0 Å². The molecule has 0 radical (unpaired) electrons. The second-order valence-corrected chi connectivity index (χ2v) is 5.46. The van der Waals surface area contributed by atoms with Crippen molar-refractivity contribution in [2.45, 2.75) is 0 Å². The molecule has 0 saturated heterocycles. The standard InChI is InChI=1S/C12H7Br2ClN2O/c13-9-4-3-7(15)6-8(9)12(18)17-10-2-1-5-16-11(10)14/h1-6H,(H,17,18). The number of nitrogens with one attached hydrogen (secondary N) is 1. The van der Waals surface area contributed by atoms with Gasteiger partial charge in [0.15, 0.2) is 0 Å². The van der Waals surface area contributed by atoms with E-state index in [-0.39, 0.29) is 5.91 Å². The maximum Gasteiger partial charge on any atom is 0.256 e. The Balaban J connectivity index is 2.28. The SMILES string of the molecule is O=C(Nc1cccnc1Br)c1cc(Cl)ccc1Br. The third kappa shape index (κ3) is 3.10. The molecule has 0 bridgehead atoms. The maximum absolute atomic E-state index is 12.1. The van der Waals surface area contributed by atoms with E-state index in [0.717, 1.165) is 0 Å². The number of carbonyl (C=O) groups excluding carboxylic acids is 1. The van der Waals surface area contributed by atoms with Crippen molar-refractivity contribution in [3.05, 3.63) is 56.2 Å². The van der Waals surface area contributed by atoms with Gasteiger partial charge in [-0.2, -0.15) is 0 Å². The molecule has 3 nitrogen and oxygen atoms in total. The van der Waals surface area contributed by atoms with Crippen LogP contribution in [0.25, 0.3) is 0 Å². The molecule has 18 heavy (non-hydrogen) atoms. The predicted molar refractivity (Wildman–Crippen MR) is 79.0 cm³/mol. The largest absolute Gasteiger partial charge is 0.320 e. The van der Waals surface area contributed by atoms with Crippen LogP contribution in [0.1, 0.15) is 10.4 Å². The zero-order valence-corrected chi connectivity index (χ0v) is 12.9. The Bertz CT molecular complexity index is 604. The Morgan fingerprint density at radius 1 is 1.28 bits per heavy atom. The highest BCUT2D eigenvalue weighted by molar-refractivity contribution is 9.10. The molecule has 6 heteroatoms. The fourth-order valence-corrected chi connectivity index (χ4v) is 2.29. The summed E-state index contributed by atoms with van der Waals surface area (Å²) in [4.78, 5) is 16.1. The molecule has 0 aliphatic heterocycles. The van der Waals surface area contributed by atoms with Crippen LogP contribution < -0.4 is 5.32 Å². The molecular weight excluding hydrogens is 383 g/mol. The van der Waals surface area contributed by atoms with Gasteiger partial charge in [0.05, 0.1) is 11.3 Å². The third-order valence-corrected chi connectivity index (χ3v) is 3.74. The predicted octanol–water partition coefficient (Wildman–Crippen LogP) is 4.51. The van der Waals surface area contributed by atoms with Crippen LogP contribution in [0.3, 0.4) is 0 Å². The van der Waals surface area contributed by atoms with Gasteiger partial charge in [0, 0.05) is 15.7 Å². The van der Waals surface area contributed by atoms with Gasteiger partial charge in [0.25, 0.3) is 5.91 Å². The summed E-state index contributed by atoms with van der Waals surface area (Å²) < 4.78 is 1.26. The van der Waals surface area contributed by atoms with Crippen molar-refractivity contribution < 1.29 is 4.79 Å². The number of hydrogen-bond donors (Lipinski definition) is 1. The maximum atomic E-state index is 12.1. The van der Waals surface area contributed by atoms with E-state index in [0.29, 0.717) is 25.3 Å². The minimum Gasteiger partial charge on any atom is -0.320 e. The van der Waals surface area contributed by atoms with Crippen molar-refractivity contribution in [3.63, 3.8) is 0 Å². The van der Waals surface area contributed by atoms with Gasteiger partial charge in [-0.25, -0.2) is 4.98 Å². The summed E-state index contributed by atoms with van der Waals surface area (Å²) in [5.74, 6) is -0.252. The van der Waals surface area contributed by atoms with Gasteiger partial charge in [0.1, 0.15) is 4.60 Å². The van der Waals surface area contributed by atoms with E-state index in [2.05, 4.69) is 42.2 Å². The van der Waals surface area contributed by atoms with Gasteiger partial charge >= 0.3 is 0 Å². The molecule has 0 atom stereocenters. The number of amides is 1. The van der Waals surface area contributed by atoms with Crippen LogP contribution in [0.5, 0.6) is 0 Å². The van der Waals surface area contributed by atoms with E-state index in [1.807, 2.05) is 0 Å². The Hall–Kier alpha value is -0.910. The Morgan fingerprint density at radius 3 is 2.78 bits per heavy atom. The van der Waals surface area contributed by atoms with Crippen LogP contribution in [-0.4, -0.2) is 10.9 Å². The van der Waals surface area contributed by atoms with Gasteiger partial charge in [-0.05, 0) is 62.2 Å². The van der Waals surface area contributed by atoms with Crippen LogP contribution in [0.2, 0.25) is 5.02 Å². The highest BCUT2D eigenvalue weighted by Crippen LogP contribution is 2.24. The lowest BCUT2D eigenvalue weighted by Gasteiger charge is -2.08. The number of benzene rings is 1. The first kappa shape index (κ1) is 13.5. The van der Waals surface area contributed by atoms with Crippen molar-refractivity contribution in [2.24, 2.45) is 0 Å². The molecule has 2 rings (SSSR count). The molecule has 1 amide bonds. The van der Waals surface area contributed by atoms with Gasteiger partial charge in [-0.15, -0.1) is 0 Å². The fourth-order valence-electron chi connectivity index (χ4n) is 1.34. The number of anilines is 1. The van der Waals surface area contributed by atoms with Crippen molar-refractivity contribution >= 4 is 55.1 Å². The molecule has 0 aliphatic carbocycles. The lowest BCUT2D eigenvalue weighted by Crippen LogP contribution is -2.13. The molecule has 0 fully saturated rings. The lowest BCUT2D eigenvalue weighted by molar-refractivity contribution is 0.102. The Morgan fingerprint density at radius 2 is 2.06 bits per heavy atom. The van der Waals surface area contributed by atoms with Crippen molar-refractivity contribution in [1.29, 1.82) is 0 Å². The summed E-state index contributed by atoms with van der Waals surface area (Å²) in [6.07, 6.45) is 1.63. The second kappa shape index (κ2) is 5.82. The second-order valence-electron chi connectivity index (χ2n) is 3.42. The summed E-state index contributed by atoms with van der Waals surface area (Å²) in [5, 5.41) is 3.27. The molecule has 92 valence electrons. The molecule has 0 aliphatic rings. The lowest BCUT2D eigenvalue weighted by atomic mass is 10.2. The van der Waals surface area contributed by atoms with Crippen LogP contribution in [0.15, 0.2) is 45.6 Å². The molecule has 1 aromatic carbocycles. The highest BCUT2D eigenvalue weighted by Gasteiger charge is 2.12. The molecular formula is C12H7Br2ClN2O. The number of halogens is 3. The molecule has 1 heterocycles. The van der Waals surface area contributed by atoms with E-state index in [4.69, 9.17) is 11.6 Å². The van der Waals surface area contributed by atoms with Crippen LogP contribution in [0, 0.1) is 0 Å². The number of aromatic nitrogens is 1. The summed E-state index contributed by atoms with van der Waals surface area (Å²) in [6.45, 7) is 0. The Kier molecular flexibility index (Phi) is 4.37. The van der Waals surface area contributed by atoms with Gasteiger partial charge in [-0.1, -0.05) is 11.6 Å². The zero-order valence-electron chi connectivity index (χ0n) is 8.95. The molecule has 0 spiro atoms. The smallest absolute Gasteiger partial charge is 0.256 e. The average molecular weight is 390 g/mol. The van der Waals surface area contributed by atoms with Gasteiger partial charge in [-0.3, -0.25) is 4.79 Å². The van der Waals surface area contributed by atoms with Gasteiger partial charge < -0.3 is 5.32 Å². The first-order chi connectivity index (χ1) is 8.58. The minimum absolute atomic E-state index is 0.252. The van der Waals surface area contributed by atoms with E-state index in [9.17, 15) is 4.79 Å². The van der Waals surface area contributed by atoms with Crippen LogP contribution >= 0.6 is 43.5 Å². The van der Waals surface area contributed by atoms with Gasteiger partial charge in [0.2, 0.25) is 0 Å². The number of pyridine rings is 1. The third-order valence-electron chi connectivity index (χ3n) is 2.18. The first-order valence-corrected chi connectivity index (χ1v) is 6.91. The van der Waals surface area contributed by atoms with Crippen molar-refractivity contribution in [2.75, 3.05) is 5.32 Å². The molecule has 0 saturated carbocycles. The summed E-state index contributed by atoms with van der Waals surface area (Å²) >= 11 is 12.5. The van der Waals surface area contributed by atoms with E-state index >= 15 is 0 Å². The Labute approximate surface area is 126 Å². The van der Waals surface area contributed by atoms with E-state index < -0.39 is 0 Å². The monoisotopic (exact) mass is 388 g/mol. The summed E-state index contributed by atoms with van der Waals surface area (Å²) in [6, 6.07) is 8.55. The fraction of sp³-hybridized carbons (Fsp3) is 0. The normalized spacial score (nSPS) is 10.2. The summed E-state index contributed by atoms with van der Waals surface area (Å²) in [7, 11) is 0. The molecule has 1 aromatic heterocycles. The highest BCUT2D eigenvalue weighted by atomic mass is 79.9. The number of rotatable bonds is 2. The number of carbonyl (C=O) groups is 1. The molecule has 1 N–H and O–H groups in total. The number of hydrogen-bond acceptors (Lipinski definition) is 2. The summed E-state index contributed by atoms with van der Waals surface area (Å²) in [5.41, 5.74) is 1.08. The average Bonchev–Trinajstić information content (AvgIpc) is 2.35. The van der Waals surface area contributed by atoms with Crippen molar-refractivity contribution in [1.82, 2.24) is 4.98 Å². The van der Waals surface area contributed by atoms with Crippen LogP contribution in [0.4, 0.5) is 5.69 Å². The molecule has 0 unspecified atom stereocenters. The minimum atomic E-state index is -0.252. The quantitative estimate of drug-likeness (QED) is 0.767. The molecule has 2 aromatic rings. The van der Waals surface area contributed by atoms with E-state index in [1.54, 1.807) is 36.5 Å². The zero-order chi connectivity index (χ0) is 13.1. The van der Waals surface area contributed by atoms with Crippen molar-refractivity contribution in [3.8, 4) is 0 Å². The topological polar surface area (TPSA) is 42.0 Å². The first-order valence-electron chi connectivity index (χ1n) is 4.95.